The van der Waals surface area contributed by atoms with Gasteiger partial charge in [-0.05, 0) is 52.9 Å². The standard InChI is InChI=1S/C18H36N4O3/c1-6-19-16(20-10-7-13-24-14-15-8-9-15)21-11-12-22(5)17(23)25-18(2,3)4/h15H,6-14H2,1-5H3,(H2,19,20,21). The van der Waals surface area contributed by atoms with E-state index in [0.717, 1.165) is 44.6 Å². The Labute approximate surface area is 152 Å². The summed E-state index contributed by atoms with van der Waals surface area (Å²) < 4.78 is 10.9. The summed E-state index contributed by atoms with van der Waals surface area (Å²) in [7, 11) is 1.73. The number of rotatable bonds is 10. The first-order chi connectivity index (χ1) is 11.8. The van der Waals surface area contributed by atoms with Crippen LogP contribution in [0.5, 0.6) is 0 Å². The van der Waals surface area contributed by atoms with Crippen molar-refractivity contribution >= 4 is 12.1 Å². The van der Waals surface area contributed by atoms with Crippen LogP contribution in [-0.2, 0) is 9.47 Å². The average molecular weight is 357 g/mol. The third-order valence-corrected chi connectivity index (χ3v) is 3.56. The normalized spacial score (nSPS) is 15.0. The predicted octanol–water partition coefficient (Wildman–Crippen LogP) is 2.23. The average Bonchev–Trinajstić information content (AvgIpc) is 3.33. The molecule has 0 heterocycles. The minimum Gasteiger partial charge on any atom is -0.444 e. The minimum absolute atomic E-state index is 0.316. The number of hydrogen-bond acceptors (Lipinski definition) is 4. The van der Waals surface area contributed by atoms with Crippen LogP contribution in [0.2, 0.25) is 0 Å². The van der Waals surface area contributed by atoms with Crippen LogP contribution in [0.15, 0.2) is 4.99 Å². The fraction of sp³-hybridized carbons (Fsp3) is 0.889. The second-order valence-electron chi connectivity index (χ2n) is 7.46. The summed E-state index contributed by atoms with van der Waals surface area (Å²) in [5.74, 6) is 1.58. The quantitative estimate of drug-likeness (QED) is 0.357. The van der Waals surface area contributed by atoms with Gasteiger partial charge in [0, 0.05) is 46.4 Å². The van der Waals surface area contributed by atoms with Gasteiger partial charge in [-0.15, -0.1) is 0 Å². The van der Waals surface area contributed by atoms with Crippen LogP contribution in [0, 0.1) is 5.92 Å². The van der Waals surface area contributed by atoms with E-state index >= 15 is 0 Å². The number of guanidine groups is 1. The zero-order valence-corrected chi connectivity index (χ0v) is 16.6. The van der Waals surface area contributed by atoms with Crippen molar-refractivity contribution in [1.82, 2.24) is 15.5 Å². The van der Waals surface area contributed by atoms with Crippen molar-refractivity contribution in [2.45, 2.75) is 52.6 Å². The van der Waals surface area contributed by atoms with Gasteiger partial charge in [-0.1, -0.05) is 0 Å². The largest absolute Gasteiger partial charge is 0.444 e. The number of nitrogens with one attached hydrogen (secondary N) is 2. The number of carbonyl (C=O) groups is 1. The van der Waals surface area contributed by atoms with Crippen molar-refractivity contribution in [1.29, 1.82) is 0 Å². The number of ether oxygens (including phenoxy) is 2. The molecule has 1 saturated carbocycles. The van der Waals surface area contributed by atoms with Crippen molar-refractivity contribution in [3.8, 4) is 0 Å². The van der Waals surface area contributed by atoms with E-state index in [4.69, 9.17) is 9.47 Å². The van der Waals surface area contributed by atoms with Gasteiger partial charge < -0.3 is 25.0 Å². The summed E-state index contributed by atoms with van der Waals surface area (Å²) >= 11 is 0. The SMILES string of the molecule is CCNC(=NCCCOCC1CC1)NCCN(C)C(=O)OC(C)(C)C. The van der Waals surface area contributed by atoms with Gasteiger partial charge >= 0.3 is 6.09 Å². The molecule has 0 radical (unpaired) electrons. The molecule has 0 unspecified atom stereocenters. The lowest BCUT2D eigenvalue weighted by molar-refractivity contribution is 0.0302. The van der Waals surface area contributed by atoms with Gasteiger partial charge in [-0.3, -0.25) is 4.99 Å². The van der Waals surface area contributed by atoms with Gasteiger partial charge in [-0.2, -0.15) is 0 Å². The van der Waals surface area contributed by atoms with Gasteiger partial charge in [0.1, 0.15) is 5.60 Å². The van der Waals surface area contributed by atoms with Crippen LogP contribution in [0.3, 0.4) is 0 Å². The van der Waals surface area contributed by atoms with Crippen molar-refractivity contribution in [3.05, 3.63) is 0 Å². The number of hydrogen-bond donors (Lipinski definition) is 2. The summed E-state index contributed by atoms with van der Waals surface area (Å²) in [6.07, 6.45) is 3.25. The molecule has 1 rings (SSSR count). The molecule has 0 spiro atoms. The Bertz CT molecular complexity index is 417. The molecular formula is C18H36N4O3. The number of nitrogens with zero attached hydrogens (tertiary/aromatic N) is 2. The molecule has 0 aromatic heterocycles. The molecule has 146 valence electrons. The molecule has 0 aromatic rings. The van der Waals surface area contributed by atoms with Gasteiger partial charge in [-0.25, -0.2) is 4.79 Å². The van der Waals surface area contributed by atoms with Crippen LogP contribution < -0.4 is 10.6 Å². The molecule has 1 amide bonds. The highest BCUT2D eigenvalue weighted by atomic mass is 16.6. The molecular weight excluding hydrogens is 320 g/mol. The van der Waals surface area contributed by atoms with Gasteiger partial charge in [0.25, 0.3) is 0 Å². The van der Waals surface area contributed by atoms with E-state index in [9.17, 15) is 4.79 Å². The molecule has 1 fully saturated rings. The molecule has 2 N–H and O–H groups in total. The Morgan fingerprint density at radius 1 is 1.28 bits per heavy atom. The Hall–Kier alpha value is -1.50. The zero-order chi connectivity index (χ0) is 18.7. The van der Waals surface area contributed by atoms with E-state index < -0.39 is 5.60 Å². The van der Waals surface area contributed by atoms with Crippen LogP contribution in [0.1, 0.15) is 47.0 Å². The summed E-state index contributed by atoms with van der Waals surface area (Å²) in [6.45, 7) is 12.0. The lowest BCUT2D eigenvalue weighted by Crippen LogP contribution is -2.43. The molecule has 0 bridgehead atoms. The highest BCUT2D eigenvalue weighted by Gasteiger charge is 2.21. The summed E-state index contributed by atoms with van der Waals surface area (Å²) in [4.78, 5) is 18.0. The fourth-order valence-electron chi connectivity index (χ4n) is 2.01. The van der Waals surface area contributed by atoms with Gasteiger partial charge in [0.2, 0.25) is 0 Å². The maximum absolute atomic E-state index is 11.9. The maximum Gasteiger partial charge on any atom is 0.410 e. The van der Waals surface area contributed by atoms with Crippen LogP contribution >= 0.6 is 0 Å². The summed E-state index contributed by atoms with van der Waals surface area (Å²) in [6, 6.07) is 0. The first kappa shape index (κ1) is 21.5. The number of amides is 1. The Kier molecular flexibility index (Phi) is 9.63. The number of carbonyl (C=O) groups excluding carboxylic acids is 1. The van der Waals surface area contributed by atoms with Crippen LogP contribution in [0.4, 0.5) is 4.79 Å². The van der Waals surface area contributed by atoms with Crippen molar-refractivity contribution < 1.29 is 14.3 Å². The van der Waals surface area contributed by atoms with E-state index in [2.05, 4.69) is 15.6 Å². The van der Waals surface area contributed by atoms with E-state index in [-0.39, 0.29) is 6.09 Å². The molecule has 7 nitrogen and oxygen atoms in total. The van der Waals surface area contributed by atoms with Crippen molar-refractivity contribution in [2.75, 3.05) is 46.4 Å². The smallest absolute Gasteiger partial charge is 0.410 e. The topological polar surface area (TPSA) is 75.2 Å². The second-order valence-corrected chi connectivity index (χ2v) is 7.46. The molecule has 0 aliphatic heterocycles. The first-order valence-corrected chi connectivity index (χ1v) is 9.36. The summed E-state index contributed by atoms with van der Waals surface area (Å²) in [5, 5.41) is 6.44. The second kappa shape index (κ2) is 11.2. The lowest BCUT2D eigenvalue weighted by Gasteiger charge is -2.24. The molecule has 0 saturated heterocycles. The van der Waals surface area contributed by atoms with Gasteiger partial charge in [0.15, 0.2) is 5.96 Å². The molecule has 1 aliphatic carbocycles. The van der Waals surface area contributed by atoms with E-state index in [0.29, 0.717) is 13.1 Å². The van der Waals surface area contributed by atoms with Crippen LogP contribution in [-0.4, -0.2) is 69.0 Å². The third kappa shape index (κ3) is 11.6. The molecule has 1 aliphatic rings. The predicted molar refractivity (Wildman–Crippen MR) is 101 cm³/mol. The minimum atomic E-state index is -0.475. The molecule has 7 heteroatoms. The highest BCUT2D eigenvalue weighted by molar-refractivity contribution is 5.79. The monoisotopic (exact) mass is 356 g/mol. The Morgan fingerprint density at radius 2 is 2.00 bits per heavy atom. The maximum atomic E-state index is 11.9. The lowest BCUT2D eigenvalue weighted by atomic mass is 10.2. The molecule has 0 atom stereocenters. The number of aliphatic imine (C=N–C) groups is 1. The third-order valence-electron chi connectivity index (χ3n) is 3.56. The van der Waals surface area contributed by atoms with E-state index in [1.54, 1.807) is 11.9 Å². The summed E-state index contributed by atoms with van der Waals surface area (Å²) in [5.41, 5.74) is -0.475. The van der Waals surface area contributed by atoms with E-state index in [1.165, 1.54) is 12.8 Å². The first-order valence-electron chi connectivity index (χ1n) is 9.36. The highest BCUT2D eigenvalue weighted by Crippen LogP contribution is 2.28. The Balaban J connectivity index is 2.19. The number of likely N-dealkylation sites (N-methyl/N-ethyl adjacent to an activating group) is 1. The van der Waals surface area contributed by atoms with Gasteiger partial charge in [0.05, 0.1) is 0 Å². The molecule has 0 aromatic carbocycles. The fourth-order valence-corrected chi connectivity index (χ4v) is 2.01. The zero-order valence-electron chi connectivity index (χ0n) is 16.6. The van der Waals surface area contributed by atoms with E-state index in [1.807, 2.05) is 27.7 Å². The van der Waals surface area contributed by atoms with Crippen LogP contribution in [0.25, 0.3) is 0 Å². The Morgan fingerprint density at radius 3 is 2.60 bits per heavy atom. The molecule has 25 heavy (non-hydrogen) atoms. The van der Waals surface area contributed by atoms with Crippen molar-refractivity contribution in [2.24, 2.45) is 10.9 Å². The van der Waals surface area contributed by atoms with Crippen molar-refractivity contribution in [3.63, 3.8) is 0 Å².